The van der Waals surface area contributed by atoms with E-state index in [1.807, 2.05) is 0 Å². The minimum absolute atomic E-state index is 0. The lowest BCUT2D eigenvalue weighted by Gasteiger charge is -2.40. The fourth-order valence-electron chi connectivity index (χ4n) is 3.35. The average molecular weight is 317 g/mol. The lowest BCUT2D eigenvalue weighted by molar-refractivity contribution is -0.0859. The monoisotopic (exact) mass is 316 g/mol. The Labute approximate surface area is 132 Å². The molecule has 0 spiro atoms. The quantitative estimate of drug-likeness (QED) is 0.928. The maximum atomic E-state index is 6.11. The topological polar surface area (TPSA) is 24.5 Å². The highest BCUT2D eigenvalue weighted by atomic mass is 35.5. The van der Waals surface area contributed by atoms with Gasteiger partial charge in [-0.05, 0) is 47.7 Å². The van der Waals surface area contributed by atoms with Crippen molar-refractivity contribution in [3.8, 4) is 0 Å². The third-order valence-corrected chi connectivity index (χ3v) is 5.01. The van der Waals surface area contributed by atoms with Crippen LogP contribution in [0.4, 0.5) is 0 Å². The molecule has 1 aromatic heterocycles. The number of nitrogens with zero attached hydrogens (tertiary/aromatic N) is 1. The van der Waals surface area contributed by atoms with Crippen LogP contribution in [0.15, 0.2) is 16.8 Å². The summed E-state index contributed by atoms with van der Waals surface area (Å²) >= 11 is 1.76. The Balaban J connectivity index is 0.00000147. The smallest absolute Gasteiger partial charge is 0.0964 e. The maximum absolute atomic E-state index is 6.11. The van der Waals surface area contributed by atoms with Crippen molar-refractivity contribution in [2.24, 2.45) is 5.41 Å². The second-order valence-electron chi connectivity index (χ2n) is 6.42. The molecule has 114 valence electrons. The predicted octanol–water partition coefficient (Wildman–Crippen LogP) is 2.93. The van der Waals surface area contributed by atoms with Crippen LogP contribution >= 0.6 is 23.7 Å². The van der Waals surface area contributed by atoms with Gasteiger partial charge < -0.3 is 10.1 Å². The molecular formula is C15H25ClN2OS. The van der Waals surface area contributed by atoms with Crippen molar-refractivity contribution in [3.05, 3.63) is 22.4 Å². The van der Waals surface area contributed by atoms with Crippen molar-refractivity contribution in [1.82, 2.24) is 10.2 Å². The van der Waals surface area contributed by atoms with Crippen LogP contribution in [-0.2, 0) is 4.74 Å². The number of ether oxygens (including phenoxy) is 1. The van der Waals surface area contributed by atoms with E-state index in [-0.39, 0.29) is 18.5 Å². The second kappa shape index (κ2) is 6.75. The molecule has 0 bridgehead atoms. The zero-order valence-corrected chi connectivity index (χ0v) is 13.9. The summed E-state index contributed by atoms with van der Waals surface area (Å²) < 4.78 is 6.11. The van der Waals surface area contributed by atoms with Gasteiger partial charge in [0, 0.05) is 26.2 Å². The minimum atomic E-state index is 0. The summed E-state index contributed by atoms with van der Waals surface area (Å²) in [5, 5.41) is 7.86. The van der Waals surface area contributed by atoms with Gasteiger partial charge in [-0.25, -0.2) is 0 Å². The summed E-state index contributed by atoms with van der Waals surface area (Å²) in [4.78, 5) is 2.60. The highest BCUT2D eigenvalue weighted by molar-refractivity contribution is 7.07. The van der Waals surface area contributed by atoms with Gasteiger partial charge in [-0.2, -0.15) is 11.3 Å². The Bertz CT molecular complexity index is 406. The molecule has 3 heterocycles. The van der Waals surface area contributed by atoms with E-state index in [4.69, 9.17) is 4.74 Å². The van der Waals surface area contributed by atoms with Crippen LogP contribution < -0.4 is 5.32 Å². The van der Waals surface area contributed by atoms with E-state index >= 15 is 0 Å². The van der Waals surface area contributed by atoms with E-state index in [2.05, 4.69) is 40.9 Å². The zero-order valence-electron chi connectivity index (χ0n) is 12.3. The SMILES string of the molecule is CC1CN(CC2(C)CCNC2)CC(c2ccsc2)O1.Cl. The Kier molecular flexibility index (Phi) is 5.49. The number of nitrogens with one attached hydrogen (secondary N) is 1. The van der Waals surface area contributed by atoms with Crippen LogP contribution in [0.5, 0.6) is 0 Å². The van der Waals surface area contributed by atoms with E-state index in [9.17, 15) is 0 Å². The van der Waals surface area contributed by atoms with Gasteiger partial charge in [0.25, 0.3) is 0 Å². The van der Waals surface area contributed by atoms with Gasteiger partial charge in [-0.15, -0.1) is 12.4 Å². The molecule has 20 heavy (non-hydrogen) atoms. The second-order valence-corrected chi connectivity index (χ2v) is 7.20. The average Bonchev–Trinajstić information content (AvgIpc) is 2.99. The minimum Gasteiger partial charge on any atom is -0.368 e. The number of halogens is 1. The van der Waals surface area contributed by atoms with Gasteiger partial charge in [0.15, 0.2) is 0 Å². The summed E-state index contributed by atoms with van der Waals surface area (Å²) in [6.07, 6.45) is 1.88. The summed E-state index contributed by atoms with van der Waals surface area (Å²) in [6.45, 7) is 10.2. The highest BCUT2D eigenvalue weighted by Gasteiger charge is 2.34. The van der Waals surface area contributed by atoms with Crippen molar-refractivity contribution in [2.45, 2.75) is 32.5 Å². The number of hydrogen-bond donors (Lipinski definition) is 1. The number of rotatable bonds is 3. The lowest BCUT2D eigenvalue weighted by atomic mass is 9.88. The molecule has 2 aliphatic heterocycles. The number of hydrogen-bond acceptors (Lipinski definition) is 4. The van der Waals surface area contributed by atoms with Crippen molar-refractivity contribution < 1.29 is 4.74 Å². The summed E-state index contributed by atoms with van der Waals surface area (Å²) in [5.41, 5.74) is 1.78. The van der Waals surface area contributed by atoms with E-state index in [0.29, 0.717) is 11.5 Å². The van der Waals surface area contributed by atoms with Crippen LogP contribution in [0.1, 0.15) is 31.9 Å². The Morgan fingerprint density at radius 1 is 1.50 bits per heavy atom. The van der Waals surface area contributed by atoms with Gasteiger partial charge in [0.1, 0.15) is 0 Å². The van der Waals surface area contributed by atoms with Crippen LogP contribution in [0, 0.1) is 5.41 Å². The Hall–Kier alpha value is -0.130. The zero-order chi connectivity index (χ0) is 13.3. The maximum Gasteiger partial charge on any atom is 0.0964 e. The van der Waals surface area contributed by atoms with E-state index in [1.165, 1.54) is 25.1 Å². The van der Waals surface area contributed by atoms with Gasteiger partial charge in [-0.3, -0.25) is 4.90 Å². The molecule has 2 aliphatic rings. The first-order chi connectivity index (χ1) is 9.15. The van der Waals surface area contributed by atoms with Crippen molar-refractivity contribution >= 4 is 23.7 Å². The van der Waals surface area contributed by atoms with Crippen LogP contribution in [0.3, 0.4) is 0 Å². The molecule has 2 fully saturated rings. The van der Waals surface area contributed by atoms with Crippen molar-refractivity contribution in [1.29, 1.82) is 0 Å². The number of thiophene rings is 1. The van der Waals surface area contributed by atoms with E-state index in [1.54, 1.807) is 11.3 Å². The summed E-state index contributed by atoms with van der Waals surface area (Å²) in [6, 6.07) is 2.20. The molecule has 0 amide bonds. The van der Waals surface area contributed by atoms with Gasteiger partial charge >= 0.3 is 0 Å². The normalized spacial score (nSPS) is 34.9. The van der Waals surface area contributed by atoms with E-state index in [0.717, 1.165) is 19.6 Å². The van der Waals surface area contributed by atoms with Crippen LogP contribution in [0.2, 0.25) is 0 Å². The summed E-state index contributed by atoms with van der Waals surface area (Å²) in [7, 11) is 0. The summed E-state index contributed by atoms with van der Waals surface area (Å²) in [5.74, 6) is 0. The van der Waals surface area contributed by atoms with Gasteiger partial charge in [0.05, 0.1) is 12.2 Å². The number of morpholine rings is 1. The molecule has 0 radical (unpaired) electrons. The fraction of sp³-hybridized carbons (Fsp3) is 0.733. The Morgan fingerprint density at radius 2 is 2.35 bits per heavy atom. The standard InChI is InChI=1S/C15H24N2OS.ClH/c1-12-7-17(11-15(2)4-5-16-10-15)8-14(18-12)13-3-6-19-9-13;/h3,6,9,12,14,16H,4-5,7-8,10-11H2,1-2H3;1H. The molecule has 3 unspecified atom stereocenters. The third kappa shape index (κ3) is 3.74. The predicted molar refractivity (Wildman–Crippen MR) is 86.9 cm³/mol. The molecule has 2 saturated heterocycles. The molecule has 1 aromatic rings. The van der Waals surface area contributed by atoms with Gasteiger partial charge in [-0.1, -0.05) is 6.92 Å². The highest BCUT2D eigenvalue weighted by Crippen LogP contribution is 2.31. The first kappa shape index (κ1) is 16.2. The van der Waals surface area contributed by atoms with Gasteiger partial charge in [0.2, 0.25) is 0 Å². The van der Waals surface area contributed by atoms with Crippen LogP contribution in [0.25, 0.3) is 0 Å². The first-order valence-electron chi connectivity index (χ1n) is 7.25. The van der Waals surface area contributed by atoms with Crippen molar-refractivity contribution in [3.63, 3.8) is 0 Å². The largest absolute Gasteiger partial charge is 0.368 e. The van der Waals surface area contributed by atoms with E-state index < -0.39 is 0 Å². The molecule has 0 aliphatic carbocycles. The molecule has 5 heteroatoms. The molecule has 0 saturated carbocycles. The molecular weight excluding hydrogens is 292 g/mol. The lowest BCUT2D eigenvalue weighted by Crippen LogP contribution is -2.47. The molecule has 3 atom stereocenters. The molecule has 3 rings (SSSR count). The Morgan fingerprint density at radius 3 is 3.00 bits per heavy atom. The molecule has 0 aromatic carbocycles. The van der Waals surface area contributed by atoms with Crippen molar-refractivity contribution in [2.75, 3.05) is 32.7 Å². The molecule has 1 N–H and O–H groups in total. The van der Waals surface area contributed by atoms with Crippen LogP contribution in [-0.4, -0.2) is 43.7 Å². The first-order valence-corrected chi connectivity index (χ1v) is 8.20. The third-order valence-electron chi connectivity index (χ3n) is 4.31. The fourth-order valence-corrected chi connectivity index (χ4v) is 4.06. The molecule has 3 nitrogen and oxygen atoms in total.